The second-order valence-corrected chi connectivity index (χ2v) is 7.04. The number of aryl methyl sites for hydroxylation is 2. The van der Waals surface area contributed by atoms with Gasteiger partial charge < -0.3 is 10.1 Å². The minimum atomic E-state index is -0.604. The summed E-state index contributed by atoms with van der Waals surface area (Å²) in [6.07, 6.45) is 1.62. The highest BCUT2D eigenvalue weighted by atomic mass is 32.1. The number of nitrogens with one attached hydrogen (secondary N) is 1. The van der Waals surface area contributed by atoms with Gasteiger partial charge in [0.25, 0.3) is 5.91 Å². The highest BCUT2D eigenvalue weighted by Gasteiger charge is 2.16. The van der Waals surface area contributed by atoms with Crippen LogP contribution in [0.25, 0.3) is 10.6 Å². The molecule has 144 valence electrons. The van der Waals surface area contributed by atoms with Gasteiger partial charge in [-0.3, -0.25) is 4.79 Å². The number of carbonyl (C=O) groups excluding carboxylic acids is 2. The summed E-state index contributed by atoms with van der Waals surface area (Å²) >= 11 is 1.37. The van der Waals surface area contributed by atoms with Crippen LogP contribution >= 0.6 is 11.3 Å². The van der Waals surface area contributed by atoms with E-state index >= 15 is 0 Å². The number of hydrogen-bond acceptors (Lipinski definition) is 5. The summed E-state index contributed by atoms with van der Waals surface area (Å²) in [5.41, 5.74) is 4.08. The first-order valence-corrected chi connectivity index (χ1v) is 10.1. The normalized spacial score (nSPS) is 10.5. The molecule has 0 atom stereocenters. The molecule has 0 aliphatic rings. The Morgan fingerprint density at radius 1 is 1.00 bits per heavy atom. The molecule has 0 saturated carbocycles. The van der Waals surface area contributed by atoms with Gasteiger partial charge in [0.1, 0.15) is 5.01 Å². The molecule has 1 N–H and O–H groups in total. The van der Waals surface area contributed by atoms with E-state index in [2.05, 4.69) is 10.3 Å². The van der Waals surface area contributed by atoms with Crippen LogP contribution in [0.1, 0.15) is 35.5 Å². The van der Waals surface area contributed by atoms with Gasteiger partial charge in [-0.2, -0.15) is 0 Å². The van der Waals surface area contributed by atoms with Gasteiger partial charge in [0, 0.05) is 16.6 Å². The first-order chi connectivity index (χ1) is 13.6. The molecular formula is C22H22N2O3S. The van der Waals surface area contributed by atoms with Crippen molar-refractivity contribution in [1.29, 1.82) is 0 Å². The number of amides is 1. The van der Waals surface area contributed by atoms with Crippen molar-refractivity contribution in [3.63, 3.8) is 0 Å². The molecule has 0 radical (unpaired) electrons. The lowest BCUT2D eigenvalue weighted by molar-refractivity contribution is -0.119. The van der Waals surface area contributed by atoms with Crippen LogP contribution in [-0.2, 0) is 22.4 Å². The Balaban J connectivity index is 1.61. The van der Waals surface area contributed by atoms with Gasteiger partial charge in [-0.25, -0.2) is 9.78 Å². The number of esters is 1. The minimum Gasteiger partial charge on any atom is -0.451 e. The van der Waals surface area contributed by atoms with Crippen molar-refractivity contribution in [2.45, 2.75) is 26.7 Å². The molecule has 0 fully saturated rings. The molecule has 1 aromatic heterocycles. The van der Waals surface area contributed by atoms with Crippen LogP contribution in [0.15, 0.2) is 53.9 Å². The number of anilines is 1. The summed E-state index contributed by atoms with van der Waals surface area (Å²) in [5.74, 6) is -0.962. The van der Waals surface area contributed by atoms with Crippen LogP contribution in [0, 0.1) is 0 Å². The maximum atomic E-state index is 12.3. The number of carbonyl (C=O) groups is 2. The van der Waals surface area contributed by atoms with Gasteiger partial charge in [-0.1, -0.05) is 62.4 Å². The van der Waals surface area contributed by atoms with Gasteiger partial charge in [-0.15, -0.1) is 11.3 Å². The molecule has 0 saturated heterocycles. The van der Waals surface area contributed by atoms with E-state index in [9.17, 15) is 9.59 Å². The number of thiazole rings is 1. The predicted octanol–water partition coefficient (Wildman–Crippen LogP) is 4.73. The molecule has 5 nitrogen and oxygen atoms in total. The molecule has 0 aliphatic carbocycles. The monoisotopic (exact) mass is 394 g/mol. The van der Waals surface area contributed by atoms with Crippen LogP contribution < -0.4 is 5.32 Å². The zero-order chi connectivity index (χ0) is 19.9. The quantitative estimate of drug-likeness (QED) is 0.588. The Bertz CT molecular complexity index is 945. The van der Waals surface area contributed by atoms with Crippen molar-refractivity contribution >= 4 is 28.9 Å². The number of benzene rings is 2. The van der Waals surface area contributed by atoms with Crippen LogP contribution in [0.5, 0.6) is 0 Å². The van der Waals surface area contributed by atoms with E-state index in [0.29, 0.717) is 0 Å². The number of para-hydroxylation sites is 1. The summed E-state index contributed by atoms with van der Waals surface area (Å²) in [4.78, 5) is 28.8. The minimum absolute atomic E-state index is 0.208. The number of rotatable bonds is 7. The van der Waals surface area contributed by atoms with E-state index in [0.717, 1.165) is 40.2 Å². The Labute approximate surface area is 168 Å². The average Bonchev–Trinajstić information content (AvgIpc) is 3.23. The fraction of sp³-hybridized carbons (Fsp3) is 0.227. The van der Waals surface area contributed by atoms with Crippen LogP contribution in [0.4, 0.5) is 5.69 Å². The van der Waals surface area contributed by atoms with Gasteiger partial charge in [0.15, 0.2) is 12.3 Å². The molecule has 0 unspecified atom stereocenters. The van der Waals surface area contributed by atoms with Crippen molar-refractivity contribution in [2.24, 2.45) is 0 Å². The summed E-state index contributed by atoms with van der Waals surface area (Å²) in [6.45, 7) is 3.73. The lowest BCUT2D eigenvalue weighted by Gasteiger charge is -2.14. The lowest BCUT2D eigenvalue weighted by Crippen LogP contribution is -2.22. The maximum absolute atomic E-state index is 12.3. The Morgan fingerprint density at radius 3 is 2.32 bits per heavy atom. The van der Waals surface area contributed by atoms with Crippen molar-refractivity contribution in [3.05, 3.63) is 70.7 Å². The number of nitrogens with zero attached hydrogens (tertiary/aromatic N) is 1. The third kappa shape index (κ3) is 4.64. The Kier molecular flexibility index (Phi) is 6.55. The first-order valence-electron chi connectivity index (χ1n) is 9.21. The summed E-state index contributed by atoms with van der Waals surface area (Å²) in [5, 5.41) is 5.27. The molecule has 3 aromatic rings. The molecule has 6 heteroatoms. The molecule has 3 rings (SSSR count). The molecule has 0 bridgehead atoms. The Hall–Kier alpha value is -2.99. The van der Waals surface area contributed by atoms with E-state index < -0.39 is 5.97 Å². The highest BCUT2D eigenvalue weighted by molar-refractivity contribution is 7.13. The zero-order valence-corrected chi connectivity index (χ0v) is 16.7. The lowest BCUT2D eigenvalue weighted by atomic mass is 10.0. The number of aromatic nitrogens is 1. The number of hydrogen-bond donors (Lipinski definition) is 1. The van der Waals surface area contributed by atoms with Gasteiger partial charge in [0.2, 0.25) is 0 Å². The van der Waals surface area contributed by atoms with E-state index in [1.165, 1.54) is 11.3 Å². The topological polar surface area (TPSA) is 68.3 Å². The smallest absolute Gasteiger partial charge is 0.358 e. The fourth-order valence-corrected chi connectivity index (χ4v) is 3.66. The molecule has 0 spiro atoms. The molecule has 0 aliphatic heterocycles. The van der Waals surface area contributed by atoms with Crippen LogP contribution in [0.3, 0.4) is 0 Å². The van der Waals surface area contributed by atoms with Crippen molar-refractivity contribution in [2.75, 3.05) is 11.9 Å². The highest BCUT2D eigenvalue weighted by Crippen LogP contribution is 2.24. The molecule has 1 amide bonds. The standard InChI is InChI=1S/C22H22N2O3S/c1-3-15-11-8-12-16(4-2)20(15)24-19(25)13-27-22(26)18-14-28-21(23-18)17-9-6-5-7-10-17/h5-12,14H,3-4,13H2,1-2H3,(H,24,25). The second kappa shape index (κ2) is 9.28. The Morgan fingerprint density at radius 2 is 1.68 bits per heavy atom. The fourth-order valence-electron chi connectivity index (χ4n) is 2.86. The molecular weight excluding hydrogens is 372 g/mol. The van der Waals surface area contributed by atoms with Crippen LogP contribution in [-0.4, -0.2) is 23.5 Å². The third-order valence-electron chi connectivity index (χ3n) is 4.33. The van der Waals surface area contributed by atoms with E-state index in [1.54, 1.807) is 5.38 Å². The number of ether oxygens (including phenoxy) is 1. The summed E-state index contributed by atoms with van der Waals surface area (Å²) in [6, 6.07) is 15.6. The second-order valence-electron chi connectivity index (χ2n) is 6.19. The SMILES string of the molecule is CCc1cccc(CC)c1NC(=O)COC(=O)c1csc(-c2ccccc2)n1. The van der Waals surface area contributed by atoms with Gasteiger partial charge in [0.05, 0.1) is 0 Å². The van der Waals surface area contributed by atoms with Crippen molar-refractivity contribution in [3.8, 4) is 10.6 Å². The van der Waals surface area contributed by atoms with Crippen LogP contribution in [0.2, 0.25) is 0 Å². The molecule has 2 aromatic carbocycles. The largest absolute Gasteiger partial charge is 0.451 e. The molecule has 1 heterocycles. The van der Waals surface area contributed by atoms with E-state index in [-0.39, 0.29) is 18.2 Å². The first kappa shape index (κ1) is 19.8. The molecule has 28 heavy (non-hydrogen) atoms. The van der Waals surface area contributed by atoms with Crippen molar-refractivity contribution in [1.82, 2.24) is 4.98 Å². The summed E-state index contributed by atoms with van der Waals surface area (Å²) < 4.78 is 5.15. The van der Waals surface area contributed by atoms with E-state index in [1.807, 2.05) is 62.4 Å². The zero-order valence-electron chi connectivity index (χ0n) is 15.9. The van der Waals surface area contributed by atoms with Gasteiger partial charge in [-0.05, 0) is 24.0 Å². The maximum Gasteiger partial charge on any atom is 0.358 e. The van der Waals surface area contributed by atoms with Gasteiger partial charge >= 0.3 is 5.97 Å². The predicted molar refractivity (Wildman–Crippen MR) is 112 cm³/mol. The third-order valence-corrected chi connectivity index (χ3v) is 5.22. The van der Waals surface area contributed by atoms with E-state index in [4.69, 9.17) is 4.74 Å². The summed E-state index contributed by atoms with van der Waals surface area (Å²) in [7, 11) is 0. The average molecular weight is 394 g/mol. The van der Waals surface area contributed by atoms with Crippen molar-refractivity contribution < 1.29 is 14.3 Å².